The average molecular weight is 248 g/mol. The molecular formula is C14H20N2O2. The van der Waals surface area contributed by atoms with Crippen LogP contribution in [0.2, 0.25) is 0 Å². The number of carbonyl (C=O) groups excluding carboxylic acids is 1. The van der Waals surface area contributed by atoms with E-state index in [1.165, 1.54) is 0 Å². The van der Waals surface area contributed by atoms with Gasteiger partial charge in [0.25, 0.3) is 5.91 Å². The van der Waals surface area contributed by atoms with E-state index in [2.05, 4.69) is 11.9 Å². The van der Waals surface area contributed by atoms with Crippen LogP contribution in [0.25, 0.3) is 0 Å². The third kappa shape index (κ3) is 4.22. The molecule has 0 saturated carbocycles. The highest BCUT2D eigenvalue weighted by molar-refractivity contribution is 5.80. The van der Waals surface area contributed by atoms with E-state index in [1.54, 1.807) is 13.0 Å². The summed E-state index contributed by atoms with van der Waals surface area (Å²) in [6.45, 7) is 7.58. The first kappa shape index (κ1) is 14.3. The van der Waals surface area contributed by atoms with Gasteiger partial charge < -0.3 is 15.8 Å². The highest BCUT2D eigenvalue weighted by atomic mass is 16.5. The van der Waals surface area contributed by atoms with Crippen LogP contribution in [0, 0.1) is 0 Å². The number of carbonyl (C=O) groups is 1. The summed E-state index contributed by atoms with van der Waals surface area (Å²) in [5.41, 5.74) is 6.77. The van der Waals surface area contributed by atoms with Crippen molar-refractivity contribution in [3.8, 4) is 5.75 Å². The van der Waals surface area contributed by atoms with E-state index < -0.39 is 6.10 Å². The van der Waals surface area contributed by atoms with Gasteiger partial charge in [-0.2, -0.15) is 0 Å². The Kier molecular flexibility index (Phi) is 5.39. The average Bonchev–Trinajstić information content (AvgIpc) is 2.36. The summed E-state index contributed by atoms with van der Waals surface area (Å²) in [6.07, 6.45) is 1.08. The van der Waals surface area contributed by atoms with Crippen molar-refractivity contribution in [2.45, 2.75) is 26.0 Å². The molecule has 0 aliphatic heterocycles. The van der Waals surface area contributed by atoms with Crippen molar-refractivity contribution in [2.75, 3.05) is 6.54 Å². The second-order valence-electron chi connectivity index (χ2n) is 4.16. The molecule has 0 saturated heterocycles. The Morgan fingerprint density at radius 1 is 1.56 bits per heavy atom. The van der Waals surface area contributed by atoms with Crippen molar-refractivity contribution >= 4 is 5.91 Å². The summed E-state index contributed by atoms with van der Waals surface area (Å²) in [4.78, 5) is 11.6. The Balaban J connectivity index is 2.63. The number of amides is 1. The molecule has 98 valence electrons. The Bertz CT molecular complexity index is 416. The number of rotatable bonds is 6. The first-order valence-corrected chi connectivity index (χ1v) is 5.95. The monoisotopic (exact) mass is 248 g/mol. The molecule has 0 radical (unpaired) electrons. The molecule has 1 aromatic carbocycles. The molecule has 4 nitrogen and oxygen atoms in total. The summed E-state index contributed by atoms with van der Waals surface area (Å²) in [5, 5.41) is 2.68. The van der Waals surface area contributed by atoms with Gasteiger partial charge in [0.2, 0.25) is 0 Å². The van der Waals surface area contributed by atoms with Crippen LogP contribution in [0.3, 0.4) is 0 Å². The van der Waals surface area contributed by atoms with Gasteiger partial charge in [-0.05, 0) is 31.5 Å². The Labute approximate surface area is 108 Å². The van der Waals surface area contributed by atoms with Crippen LogP contribution < -0.4 is 15.8 Å². The predicted octanol–water partition coefficient (Wildman–Crippen LogP) is 1.78. The quantitative estimate of drug-likeness (QED) is 0.754. The van der Waals surface area contributed by atoms with Crippen LogP contribution in [-0.4, -0.2) is 18.6 Å². The number of nitrogens with one attached hydrogen (secondary N) is 1. The van der Waals surface area contributed by atoms with Crippen molar-refractivity contribution in [1.29, 1.82) is 0 Å². The van der Waals surface area contributed by atoms with Gasteiger partial charge in [-0.3, -0.25) is 4.79 Å². The van der Waals surface area contributed by atoms with Crippen LogP contribution in [0.1, 0.15) is 25.5 Å². The van der Waals surface area contributed by atoms with E-state index in [9.17, 15) is 4.79 Å². The molecule has 1 rings (SSSR count). The summed E-state index contributed by atoms with van der Waals surface area (Å²) in [7, 11) is 0. The van der Waals surface area contributed by atoms with Gasteiger partial charge in [0.05, 0.1) is 0 Å². The standard InChI is InChI=1S/C14H20N2O2/c1-4-8-16-14(17)11(3)18-13-7-5-6-12(9-13)10(2)15/h4-7,9-11H,1,8,15H2,2-3H3,(H,16,17)/t10-,11?/m0/s1. The van der Waals surface area contributed by atoms with Crippen LogP contribution in [0.5, 0.6) is 5.75 Å². The van der Waals surface area contributed by atoms with E-state index >= 15 is 0 Å². The minimum atomic E-state index is -0.548. The van der Waals surface area contributed by atoms with Gasteiger partial charge in [-0.1, -0.05) is 18.2 Å². The zero-order chi connectivity index (χ0) is 13.5. The van der Waals surface area contributed by atoms with E-state index in [1.807, 2.05) is 31.2 Å². The topological polar surface area (TPSA) is 64.3 Å². The van der Waals surface area contributed by atoms with Gasteiger partial charge in [-0.25, -0.2) is 0 Å². The molecule has 0 fully saturated rings. The van der Waals surface area contributed by atoms with Crippen LogP contribution in [0.15, 0.2) is 36.9 Å². The first-order valence-electron chi connectivity index (χ1n) is 5.95. The Hall–Kier alpha value is -1.81. The molecule has 1 amide bonds. The van der Waals surface area contributed by atoms with E-state index in [-0.39, 0.29) is 11.9 Å². The number of hydrogen-bond donors (Lipinski definition) is 2. The van der Waals surface area contributed by atoms with Crippen LogP contribution >= 0.6 is 0 Å². The summed E-state index contributed by atoms with van der Waals surface area (Å²) < 4.78 is 5.56. The van der Waals surface area contributed by atoms with Crippen molar-refractivity contribution < 1.29 is 9.53 Å². The summed E-state index contributed by atoms with van der Waals surface area (Å²) in [6, 6.07) is 7.39. The zero-order valence-corrected chi connectivity index (χ0v) is 10.8. The molecule has 0 aliphatic rings. The number of ether oxygens (including phenoxy) is 1. The van der Waals surface area contributed by atoms with Crippen LogP contribution in [-0.2, 0) is 4.79 Å². The smallest absolute Gasteiger partial charge is 0.261 e. The number of benzene rings is 1. The van der Waals surface area contributed by atoms with E-state index in [4.69, 9.17) is 10.5 Å². The Morgan fingerprint density at radius 3 is 2.89 bits per heavy atom. The largest absolute Gasteiger partial charge is 0.481 e. The van der Waals surface area contributed by atoms with Crippen molar-refractivity contribution in [3.63, 3.8) is 0 Å². The SMILES string of the molecule is C=CCNC(=O)C(C)Oc1cccc([C@H](C)N)c1. The maximum Gasteiger partial charge on any atom is 0.261 e. The third-order valence-electron chi connectivity index (χ3n) is 2.49. The summed E-state index contributed by atoms with van der Waals surface area (Å²) >= 11 is 0. The fourth-order valence-electron chi connectivity index (χ4n) is 1.45. The fraction of sp³-hybridized carbons (Fsp3) is 0.357. The van der Waals surface area contributed by atoms with E-state index in [0.29, 0.717) is 12.3 Å². The molecule has 4 heteroatoms. The molecule has 18 heavy (non-hydrogen) atoms. The molecule has 3 N–H and O–H groups in total. The number of nitrogens with two attached hydrogens (primary N) is 1. The highest BCUT2D eigenvalue weighted by Crippen LogP contribution is 2.18. The van der Waals surface area contributed by atoms with Crippen molar-refractivity contribution in [2.24, 2.45) is 5.73 Å². The molecule has 0 bridgehead atoms. The normalized spacial score (nSPS) is 13.5. The lowest BCUT2D eigenvalue weighted by molar-refractivity contribution is -0.127. The molecular weight excluding hydrogens is 228 g/mol. The lowest BCUT2D eigenvalue weighted by Gasteiger charge is -2.15. The third-order valence-corrected chi connectivity index (χ3v) is 2.49. The fourth-order valence-corrected chi connectivity index (χ4v) is 1.45. The highest BCUT2D eigenvalue weighted by Gasteiger charge is 2.13. The summed E-state index contributed by atoms with van der Waals surface area (Å²) in [5.74, 6) is 0.479. The maximum atomic E-state index is 11.6. The van der Waals surface area contributed by atoms with Gasteiger partial charge in [0, 0.05) is 12.6 Å². The molecule has 1 aromatic rings. The molecule has 0 aromatic heterocycles. The molecule has 0 spiro atoms. The second kappa shape index (κ2) is 6.81. The van der Waals surface area contributed by atoms with Gasteiger partial charge >= 0.3 is 0 Å². The van der Waals surface area contributed by atoms with Crippen molar-refractivity contribution in [3.05, 3.63) is 42.5 Å². The minimum Gasteiger partial charge on any atom is -0.481 e. The van der Waals surface area contributed by atoms with Gasteiger partial charge in [0.15, 0.2) is 6.10 Å². The van der Waals surface area contributed by atoms with Crippen molar-refractivity contribution in [1.82, 2.24) is 5.32 Å². The molecule has 1 unspecified atom stereocenters. The molecule has 0 heterocycles. The zero-order valence-electron chi connectivity index (χ0n) is 10.8. The second-order valence-corrected chi connectivity index (χ2v) is 4.16. The molecule has 0 aliphatic carbocycles. The van der Waals surface area contributed by atoms with Crippen LogP contribution in [0.4, 0.5) is 0 Å². The molecule has 2 atom stereocenters. The lowest BCUT2D eigenvalue weighted by Crippen LogP contribution is -2.36. The number of hydrogen-bond acceptors (Lipinski definition) is 3. The predicted molar refractivity (Wildman–Crippen MR) is 72.3 cm³/mol. The van der Waals surface area contributed by atoms with Gasteiger partial charge in [0.1, 0.15) is 5.75 Å². The van der Waals surface area contributed by atoms with E-state index in [0.717, 1.165) is 5.56 Å². The lowest BCUT2D eigenvalue weighted by atomic mass is 10.1. The van der Waals surface area contributed by atoms with Gasteiger partial charge in [-0.15, -0.1) is 6.58 Å². The first-order chi connectivity index (χ1) is 8.54. The maximum absolute atomic E-state index is 11.6. The Morgan fingerprint density at radius 2 is 2.28 bits per heavy atom. The minimum absolute atomic E-state index is 0.0570.